The molecule has 0 saturated heterocycles. The van der Waals surface area contributed by atoms with Crippen molar-refractivity contribution in [1.82, 2.24) is 4.98 Å². The smallest absolute Gasteiger partial charge is 0.257 e. The highest BCUT2D eigenvalue weighted by molar-refractivity contribution is 6.05. The van der Waals surface area contributed by atoms with Crippen LogP contribution in [0.2, 0.25) is 0 Å². The average Bonchev–Trinajstić information content (AvgIpc) is 2.66. The Bertz CT molecular complexity index is 917. The van der Waals surface area contributed by atoms with Gasteiger partial charge >= 0.3 is 0 Å². The van der Waals surface area contributed by atoms with Crippen molar-refractivity contribution in [1.29, 1.82) is 0 Å². The zero-order chi connectivity index (χ0) is 18.5. The molecule has 26 heavy (non-hydrogen) atoms. The lowest BCUT2D eigenvalue weighted by Gasteiger charge is -2.11. The molecule has 2 aromatic carbocycles. The van der Waals surface area contributed by atoms with Gasteiger partial charge in [-0.15, -0.1) is 0 Å². The van der Waals surface area contributed by atoms with E-state index in [0.717, 1.165) is 34.6 Å². The van der Waals surface area contributed by atoms with Crippen molar-refractivity contribution < 1.29 is 4.79 Å². The standard InChI is InChI=1S/C22H23N3O/c1-4-17-8-10-19(11-9-17)24-20-12-18(13-23-14-20)22(26)25-21-7-5-6-15(2)16(21)3/h5-14,24H,4H2,1-3H3,(H,25,26). The molecule has 0 aliphatic rings. The molecule has 0 bridgehead atoms. The molecular weight excluding hydrogens is 322 g/mol. The van der Waals surface area contributed by atoms with Gasteiger partial charge < -0.3 is 10.6 Å². The number of benzene rings is 2. The molecule has 0 aliphatic carbocycles. The van der Waals surface area contributed by atoms with Crippen LogP contribution in [0.15, 0.2) is 60.9 Å². The summed E-state index contributed by atoms with van der Waals surface area (Å²) >= 11 is 0. The highest BCUT2D eigenvalue weighted by atomic mass is 16.1. The van der Waals surface area contributed by atoms with Crippen molar-refractivity contribution >= 4 is 23.0 Å². The lowest BCUT2D eigenvalue weighted by Crippen LogP contribution is -2.13. The number of amides is 1. The van der Waals surface area contributed by atoms with E-state index in [9.17, 15) is 4.79 Å². The lowest BCUT2D eigenvalue weighted by atomic mass is 10.1. The monoisotopic (exact) mass is 345 g/mol. The number of carbonyl (C=O) groups is 1. The van der Waals surface area contributed by atoms with Gasteiger partial charge in [0.05, 0.1) is 17.4 Å². The van der Waals surface area contributed by atoms with E-state index in [1.165, 1.54) is 5.56 Å². The maximum atomic E-state index is 12.6. The van der Waals surface area contributed by atoms with Gasteiger partial charge in [-0.05, 0) is 61.2 Å². The van der Waals surface area contributed by atoms with Crippen molar-refractivity contribution in [2.24, 2.45) is 0 Å². The SMILES string of the molecule is CCc1ccc(Nc2cncc(C(=O)Nc3cccc(C)c3C)c2)cc1. The third-order valence-corrected chi connectivity index (χ3v) is 4.50. The molecule has 1 amide bonds. The molecule has 4 nitrogen and oxygen atoms in total. The van der Waals surface area contributed by atoms with Crippen LogP contribution in [0, 0.1) is 13.8 Å². The maximum absolute atomic E-state index is 12.6. The molecule has 0 spiro atoms. The highest BCUT2D eigenvalue weighted by Gasteiger charge is 2.10. The number of hydrogen-bond donors (Lipinski definition) is 2. The number of rotatable bonds is 5. The second-order valence-electron chi connectivity index (χ2n) is 6.34. The fraction of sp³-hybridized carbons (Fsp3) is 0.182. The second kappa shape index (κ2) is 7.83. The second-order valence-corrected chi connectivity index (χ2v) is 6.34. The molecule has 0 aliphatic heterocycles. The van der Waals surface area contributed by atoms with Crippen LogP contribution in [0.1, 0.15) is 34.0 Å². The predicted octanol–water partition coefficient (Wildman–Crippen LogP) is 5.26. The number of hydrogen-bond acceptors (Lipinski definition) is 3. The Morgan fingerprint density at radius 2 is 1.77 bits per heavy atom. The van der Waals surface area contributed by atoms with E-state index in [0.29, 0.717) is 5.56 Å². The number of nitrogens with zero attached hydrogens (tertiary/aromatic N) is 1. The maximum Gasteiger partial charge on any atom is 0.257 e. The van der Waals surface area contributed by atoms with Gasteiger partial charge in [-0.3, -0.25) is 9.78 Å². The number of anilines is 3. The van der Waals surface area contributed by atoms with Gasteiger partial charge in [-0.1, -0.05) is 31.2 Å². The quantitative estimate of drug-likeness (QED) is 0.663. The fourth-order valence-electron chi connectivity index (χ4n) is 2.70. The molecule has 2 N–H and O–H groups in total. The summed E-state index contributed by atoms with van der Waals surface area (Å²) in [7, 11) is 0. The van der Waals surface area contributed by atoms with Crippen LogP contribution in [0.3, 0.4) is 0 Å². The largest absolute Gasteiger partial charge is 0.354 e. The summed E-state index contributed by atoms with van der Waals surface area (Å²) in [5.41, 5.74) is 6.59. The predicted molar refractivity (Wildman–Crippen MR) is 107 cm³/mol. The molecule has 0 saturated carbocycles. The van der Waals surface area contributed by atoms with E-state index in [-0.39, 0.29) is 5.91 Å². The Hall–Kier alpha value is -3.14. The van der Waals surface area contributed by atoms with Gasteiger partial charge in [0, 0.05) is 17.6 Å². The molecular formula is C22H23N3O. The third kappa shape index (κ3) is 4.09. The first kappa shape index (κ1) is 17.7. The van der Waals surface area contributed by atoms with Crippen LogP contribution in [0.25, 0.3) is 0 Å². The summed E-state index contributed by atoms with van der Waals surface area (Å²) in [4.78, 5) is 16.8. The van der Waals surface area contributed by atoms with Crippen LogP contribution >= 0.6 is 0 Å². The van der Waals surface area contributed by atoms with E-state index in [2.05, 4.69) is 34.7 Å². The Balaban J connectivity index is 1.75. The lowest BCUT2D eigenvalue weighted by molar-refractivity contribution is 0.102. The third-order valence-electron chi connectivity index (χ3n) is 4.50. The minimum absolute atomic E-state index is 0.170. The Morgan fingerprint density at radius 1 is 1.00 bits per heavy atom. The number of aryl methyl sites for hydroxylation is 2. The summed E-state index contributed by atoms with van der Waals surface area (Å²) in [6.45, 7) is 6.16. The highest BCUT2D eigenvalue weighted by Crippen LogP contribution is 2.21. The molecule has 3 rings (SSSR count). The van der Waals surface area contributed by atoms with Crippen molar-refractivity contribution in [3.05, 3.63) is 83.2 Å². The van der Waals surface area contributed by atoms with Gasteiger partial charge in [-0.25, -0.2) is 0 Å². The molecule has 1 heterocycles. The number of nitrogens with one attached hydrogen (secondary N) is 2. The van der Waals surface area contributed by atoms with E-state index in [1.54, 1.807) is 18.5 Å². The molecule has 0 fully saturated rings. The first-order chi connectivity index (χ1) is 12.6. The molecule has 3 aromatic rings. The van der Waals surface area contributed by atoms with Crippen molar-refractivity contribution in [3.63, 3.8) is 0 Å². The Kier molecular flexibility index (Phi) is 5.32. The van der Waals surface area contributed by atoms with Crippen molar-refractivity contribution in [2.75, 3.05) is 10.6 Å². The molecule has 4 heteroatoms. The van der Waals surface area contributed by atoms with Crippen LogP contribution in [-0.2, 0) is 6.42 Å². The minimum atomic E-state index is -0.170. The Morgan fingerprint density at radius 3 is 2.50 bits per heavy atom. The van der Waals surface area contributed by atoms with E-state index >= 15 is 0 Å². The average molecular weight is 345 g/mol. The molecule has 132 valence electrons. The fourth-order valence-corrected chi connectivity index (χ4v) is 2.70. The first-order valence-corrected chi connectivity index (χ1v) is 8.75. The van der Waals surface area contributed by atoms with Crippen LogP contribution in [-0.4, -0.2) is 10.9 Å². The molecule has 0 radical (unpaired) electrons. The molecule has 0 unspecified atom stereocenters. The van der Waals surface area contributed by atoms with Crippen LogP contribution in [0.5, 0.6) is 0 Å². The van der Waals surface area contributed by atoms with E-state index in [1.807, 2.05) is 44.2 Å². The topological polar surface area (TPSA) is 54.0 Å². The number of carbonyl (C=O) groups excluding carboxylic acids is 1. The van der Waals surface area contributed by atoms with Gasteiger partial charge in [0.2, 0.25) is 0 Å². The van der Waals surface area contributed by atoms with Crippen LogP contribution in [0.4, 0.5) is 17.1 Å². The number of aromatic nitrogens is 1. The Labute approximate surface area is 154 Å². The molecule has 1 aromatic heterocycles. The zero-order valence-corrected chi connectivity index (χ0v) is 15.3. The summed E-state index contributed by atoms with van der Waals surface area (Å²) in [6.07, 6.45) is 4.30. The van der Waals surface area contributed by atoms with E-state index < -0.39 is 0 Å². The summed E-state index contributed by atoms with van der Waals surface area (Å²) in [5.74, 6) is -0.170. The van der Waals surface area contributed by atoms with E-state index in [4.69, 9.17) is 0 Å². The van der Waals surface area contributed by atoms with Gasteiger partial charge in [0.1, 0.15) is 0 Å². The van der Waals surface area contributed by atoms with Crippen LogP contribution < -0.4 is 10.6 Å². The summed E-state index contributed by atoms with van der Waals surface area (Å²) < 4.78 is 0. The van der Waals surface area contributed by atoms with Gasteiger partial charge in [0.15, 0.2) is 0 Å². The summed E-state index contributed by atoms with van der Waals surface area (Å²) in [5, 5.41) is 6.26. The minimum Gasteiger partial charge on any atom is -0.354 e. The van der Waals surface area contributed by atoms with Crippen molar-refractivity contribution in [3.8, 4) is 0 Å². The van der Waals surface area contributed by atoms with Crippen molar-refractivity contribution in [2.45, 2.75) is 27.2 Å². The first-order valence-electron chi connectivity index (χ1n) is 8.75. The molecule has 0 atom stereocenters. The normalized spacial score (nSPS) is 10.4. The summed E-state index contributed by atoms with van der Waals surface area (Å²) in [6, 6.07) is 15.9. The number of pyridine rings is 1. The van der Waals surface area contributed by atoms with Gasteiger partial charge in [-0.2, -0.15) is 0 Å². The van der Waals surface area contributed by atoms with Gasteiger partial charge in [0.25, 0.3) is 5.91 Å². The zero-order valence-electron chi connectivity index (χ0n) is 15.3.